The summed E-state index contributed by atoms with van der Waals surface area (Å²) < 4.78 is 21.2. The summed E-state index contributed by atoms with van der Waals surface area (Å²) in [5, 5.41) is 4.33. The number of amides is 1. The fourth-order valence-electron chi connectivity index (χ4n) is 2.14. The minimum Gasteiger partial charge on any atom is -0.493 e. The minimum atomic E-state index is -0.430. The van der Waals surface area contributed by atoms with Crippen LogP contribution in [0.1, 0.15) is 5.56 Å². The molecule has 0 radical (unpaired) electrons. The predicted molar refractivity (Wildman–Crippen MR) is 98.8 cm³/mol. The summed E-state index contributed by atoms with van der Waals surface area (Å²) in [6.45, 7) is -0.218. The van der Waals surface area contributed by atoms with Gasteiger partial charge in [0, 0.05) is 5.56 Å². The van der Waals surface area contributed by atoms with E-state index in [2.05, 4.69) is 10.5 Å². The van der Waals surface area contributed by atoms with Gasteiger partial charge in [-0.15, -0.1) is 0 Å². The Kier molecular flexibility index (Phi) is 7.11. The number of para-hydroxylation sites is 1. The van der Waals surface area contributed by atoms with Crippen LogP contribution < -0.4 is 24.4 Å². The van der Waals surface area contributed by atoms with E-state index in [1.54, 1.807) is 36.4 Å². The zero-order valence-electron chi connectivity index (χ0n) is 14.6. The maximum atomic E-state index is 11.8. The highest BCUT2D eigenvalue weighted by molar-refractivity contribution is 6.32. The summed E-state index contributed by atoms with van der Waals surface area (Å²) in [7, 11) is 4.55. The Hall–Kier alpha value is -2.93. The Morgan fingerprint density at radius 2 is 1.77 bits per heavy atom. The van der Waals surface area contributed by atoms with E-state index in [0.717, 1.165) is 0 Å². The molecule has 8 heteroatoms. The number of benzene rings is 2. The third kappa shape index (κ3) is 4.80. The Bertz CT molecular complexity index is 795. The van der Waals surface area contributed by atoms with E-state index in [9.17, 15) is 4.79 Å². The number of nitrogens with zero attached hydrogens (tertiary/aromatic N) is 1. The summed E-state index contributed by atoms with van der Waals surface area (Å²) in [4.78, 5) is 11.8. The second-order valence-corrected chi connectivity index (χ2v) is 5.34. The molecule has 2 aromatic rings. The molecule has 138 valence electrons. The number of carbonyl (C=O) groups is 1. The molecule has 0 aromatic heterocycles. The van der Waals surface area contributed by atoms with Crippen LogP contribution in [0.25, 0.3) is 0 Å². The SMILES string of the molecule is COc1ccc(/C=N\NC(=O)COc2ccccc2Cl)c(OC)c1OC. The summed E-state index contributed by atoms with van der Waals surface area (Å²) >= 11 is 5.96. The van der Waals surface area contributed by atoms with Crippen LogP contribution in [-0.4, -0.2) is 40.1 Å². The second kappa shape index (κ2) is 9.53. The van der Waals surface area contributed by atoms with E-state index in [1.807, 2.05) is 0 Å². The molecule has 0 saturated carbocycles. The number of ether oxygens (including phenoxy) is 4. The minimum absolute atomic E-state index is 0.218. The first-order chi connectivity index (χ1) is 12.6. The van der Waals surface area contributed by atoms with Crippen LogP contribution in [0.5, 0.6) is 23.0 Å². The number of hydrogen-bond acceptors (Lipinski definition) is 6. The van der Waals surface area contributed by atoms with Crippen LogP contribution in [0.4, 0.5) is 0 Å². The van der Waals surface area contributed by atoms with Crippen molar-refractivity contribution in [2.24, 2.45) is 5.10 Å². The van der Waals surface area contributed by atoms with Crippen molar-refractivity contribution in [2.45, 2.75) is 0 Å². The van der Waals surface area contributed by atoms with E-state index in [0.29, 0.717) is 33.6 Å². The van der Waals surface area contributed by atoms with Gasteiger partial charge in [-0.2, -0.15) is 5.10 Å². The van der Waals surface area contributed by atoms with Crippen molar-refractivity contribution >= 4 is 23.7 Å². The van der Waals surface area contributed by atoms with Crippen LogP contribution in [0.2, 0.25) is 5.02 Å². The van der Waals surface area contributed by atoms with Crippen molar-refractivity contribution in [3.63, 3.8) is 0 Å². The lowest BCUT2D eigenvalue weighted by molar-refractivity contribution is -0.123. The van der Waals surface area contributed by atoms with Gasteiger partial charge in [-0.05, 0) is 24.3 Å². The fourth-order valence-corrected chi connectivity index (χ4v) is 2.33. The van der Waals surface area contributed by atoms with Crippen molar-refractivity contribution in [3.8, 4) is 23.0 Å². The molecule has 0 saturated heterocycles. The molecule has 0 aliphatic rings. The highest BCUT2D eigenvalue weighted by atomic mass is 35.5. The Labute approximate surface area is 156 Å². The molecule has 2 rings (SSSR count). The van der Waals surface area contributed by atoms with Crippen LogP contribution in [-0.2, 0) is 4.79 Å². The van der Waals surface area contributed by atoms with Crippen LogP contribution >= 0.6 is 11.6 Å². The van der Waals surface area contributed by atoms with E-state index in [4.69, 9.17) is 30.5 Å². The molecule has 0 atom stereocenters. The van der Waals surface area contributed by atoms with Gasteiger partial charge in [0.05, 0.1) is 32.6 Å². The van der Waals surface area contributed by atoms with Gasteiger partial charge in [0.2, 0.25) is 5.75 Å². The molecule has 0 fully saturated rings. The van der Waals surface area contributed by atoms with Gasteiger partial charge in [0.25, 0.3) is 5.91 Å². The average Bonchev–Trinajstić information content (AvgIpc) is 2.66. The molecule has 0 aliphatic heterocycles. The number of methoxy groups -OCH3 is 3. The first-order valence-electron chi connectivity index (χ1n) is 7.59. The molecule has 1 amide bonds. The van der Waals surface area contributed by atoms with Gasteiger partial charge in [0.1, 0.15) is 5.75 Å². The summed E-state index contributed by atoms with van der Waals surface area (Å²) in [6.07, 6.45) is 1.44. The van der Waals surface area contributed by atoms with Crippen molar-refractivity contribution < 1.29 is 23.7 Å². The van der Waals surface area contributed by atoms with Gasteiger partial charge < -0.3 is 18.9 Å². The van der Waals surface area contributed by atoms with Crippen molar-refractivity contribution in [1.29, 1.82) is 0 Å². The van der Waals surface area contributed by atoms with Gasteiger partial charge in [0.15, 0.2) is 18.1 Å². The first-order valence-corrected chi connectivity index (χ1v) is 7.96. The normalized spacial score (nSPS) is 10.5. The van der Waals surface area contributed by atoms with Gasteiger partial charge in [-0.25, -0.2) is 5.43 Å². The second-order valence-electron chi connectivity index (χ2n) is 4.94. The number of carbonyl (C=O) groups excluding carboxylic acids is 1. The van der Waals surface area contributed by atoms with Gasteiger partial charge in [-0.3, -0.25) is 4.79 Å². The van der Waals surface area contributed by atoms with Crippen LogP contribution in [0, 0.1) is 0 Å². The molecule has 26 heavy (non-hydrogen) atoms. The van der Waals surface area contributed by atoms with E-state index in [1.165, 1.54) is 27.5 Å². The zero-order chi connectivity index (χ0) is 18.9. The lowest BCUT2D eigenvalue weighted by Gasteiger charge is -2.13. The average molecular weight is 379 g/mol. The maximum absolute atomic E-state index is 11.8. The monoisotopic (exact) mass is 378 g/mol. The van der Waals surface area contributed by atoms with Crippen LogP contribution in [0.15, 0.2) is 41.5 Å². The maximum Gasteiger partial charge on any atom is 0.277 e. The van der Waals surface area contributed by atoms with E-state index >= 15 is 0 Å². The number of halogens is 1. The molecule has 0 spiro atoms. The Morgan fingerprint density at radius 3 is 2.42 bits per heavy atom. The lowest BCUT2D eigenvalue weighted by atomic mass is 10.2. The molecular formula is C18H19ClN2O5. The zero-order valence-corrected chi connectivity index (χ0v) is 15.4. The number of hydrazone groups is 1. The predicted octanol–water partition coefficient (Wildman–Crippen LogP) is 2.89. The smallest absolute Gasteiger partial charge is 0.277 e. The largest absolute Gasteiger partial charge is 0.493 e. The number of rotatable bonds is 8. The third-order valence-corrected chi connectivity index (χ3v) is 3.64. The van der Waals surface area contributed by atoms with Crippen molar-refractivity contribution in [3.05, 3.63) is 47.0 Å². The standard InChI is InChI=1S/C18H19ClN2O5/c1-23-15-9-8-12(17(24-2)18(15)25-3)10-20-21-16(22)11-26-14-7-5-4-6-13(14)19/h4-10H,11H2,1-3H3,(H,21,22)/b20-10-. The third-order valence-electron chi connectivity index (χ3n) is 3.32. The highest BCUT2D eigenvalue weighted by Gasteiger charge is 2.14. The molecule has 7 nitrogen and oxygen atoms in total. The molecule has 2 aromatic carbocycles. The Morgan fingerprint density at radius 1 is 1.04 bits per heavy atom. The molecule has 1 N–H and O–H groups in total. The van der Waals surface area contributed by atoms with Crippen molar-refractivity contribution in [1.82, 2.24) is 5.43 Å². The number of nitrogens with one attached hydrogen (secondary N) is 1. The van der Waals surface area contributed by atoms with Crippen molar-refractivity contribution in [2.75, 3.05) is 27.9 Å². The fraction of sp³-hybridized carbons (Fsp3) is 0.222. The summed E-state index contributed by atoms with van der Waals surface area (Å²) in [6, 6.07) is 10.3. The molecule has 0 unspecified atom stereocenters. The van der Waals surface area contributed by atoms with Crippen LogP contribution in [0.3, 0.4) is 0 Å². The van der Waals surface area contributed by atoms with Gasteiger partial charge >= 0.3 is 0 Å². The quantitative estimate of drug-likeness (QED) is 0.564. The van der Waals surface area contributed by atoms with E-state index in [-0.39, 0.29) is 6.61 Å². The lowest BCUT2D eigenvalue weighted by Crippen LogP contribution is -2.24. The molecule has 0 aliphatic carbocycles. The Balaban J connectivity index is 1.99. The summed E-state index contributed by atoms with van der Waals surface area (Å²) in [5.74, 6) is 1.40. The summed E-state index contributed by atoms with van der Waals surface area (Å²) in [5.41, 5.74) is 2.98. The first kappa shape index (κ1) is 19.4. The van der Waals surface area contributed by atoms with Gasteiger partial charge in [-0.1, -0.05) is 23.7 Å². The molecular weight excluding hydrogens is 360 g/mol. The molecule has 0 heterocycles. The highest BCUT2D eigenvalue weighted by Crippen LogP contribution is 2.38. The number of hydrogen-bond donors (Lipinski definition) is 1. The molecule has 0 bridgehead atoms. The topological polar surface area (TPSA) is 78.4 Å². The van der Waals surface area contributed by atoms with E-state index < -0.39 is 5.91 Å².